The number of benzene rings is 1. The summed E-state index contributed by atoms with van der Waals surface area (Å²) in [4.78, 5) is 0. The lowest BCUT2D eigenvalue weighted by Crippen LogP contribution is -1.89. The summed E-state index contributed by atoms with van der Waals surface area (Å²) in [6.45, 7) is 7.79. The molecule has 0 N–H and O–H groups in total. The van der Waals surface area contributed by atoms with Gasteiger partial charge in [-0.05, 0) is 25.0 Å². The first-order chi connectivity index (χ1) is 5.65. The summed E-state index contributed by atoms with van der Waals surface area (Å²) in [5, 5.41) is 0.0543. The summed E-state index contributed by atoms with van der Waals surface area (Å²) in [5.74, 6) is 0. The predicted molar refractivity (Wildman–Crippen MR) is 55.5 cm³/mol. The van der Waals surface area contributed by atoms with Gasteiger partial charge in [-0.1, -0.05) is 36.4 Å². The van der Waals surface area contributed by atoms with Crippen LogP contribution in [0.25, 0.3) is 6.08 Å². The maximum Gasteiger partial charge on any atom is 0.0562 e. The highest BCUT2D eigenvalue weighted by molar-refractivity contribution is 6.20. The Morgan fingerprint density at radius 2 is 2.17 bits per heavy atom. The summed E-state index contributed by atoms with van der Waals surface area (Å²) in [6.07, 6.45) is 1.85. The molecule has 0 aromatic heterocycles. The second-order valence-electron chi connectivity index (χ2n) is 2.95. The van der Waals surface area contributed by atoms with Crippen molar-refractivity contribution in [2.45, 2.75) is 19.2 Å². The Bertz CT molecular complexity index is 287. The topological polar surface area (TPSA) is 0 Å². The molecule has 0 radical (unpaired) electrons. The van der Waals surface area contributed by atoms with E-state index in [4.69, 9.17) is 11.6 Å². The molecule has 0 aliphatic carbocycles. The molecule has 12 heavy (non-hydrogen) atoms. The summed E-state index contributed by atoms with van der Waals surface area (Å²) < 4.78 is 0. The Hall–Kier alpha value is -0.750. The van der Waals surface area contributed by atoms with Gasteiger partial charge in [0.15, 0.2) is 0 Å². The third-order valence-corrected chi connectivity index (χ3v) is 2.13. The zero-order valence-corrected chi connectivity index (χ0v) is 8.23. The van der Waals surface area contributed by atoms with Crippen molar-refractivity contribution in [3.05, 3.63) is 41.5 Å². The van der Waals surface area contributed by atoms with E-state index in [9.17, 15) is 0 Å². The molecule has 0 spiro atoms. The van der Waals surface area contributed by atoms with Crippen molar-refractivity contribution >= 4 is 17.7 Å². The fraction of sp³-hybridized carbons (Fsp3) is 0.273. The Morgan fingerprint density at radius 1 is 1.50 bits per heavy atom. The van der Waals surface area contributed by atoms with Crippen LogP contribution in [0.5, 0.6) is 0 Å². The molecule has 0 amide bonds. The molecule has 64 valence electrons. The number of rotatable bonds is 2. The van der Waals surface area contributed by atoms with Crippen molar-refractivity contribution in [1.29, 1.82) is 0 Å². The lowest BCUT2D eigenvalue weighted by Gasteiger charge is -2.08. The van der Waals surface area contributed by atoms with Gasteiger partial charge >= 0.3 is 0 Å². The van der Waals surface area contributed by atoms with E-state index >= 15 is 0 Å². The fourth-order valence-corrected chi connectivity index (χ4v) is 1.43. The summed E-state index contributed by atoms with van der Waals surface area (Å²) in [7, 11) is 0. The third kappa shape index (κ3) is 1.89. The molecule has 0 saturated heterocycles. The smallest absolute Gasteiger partial charge is 0.0562 e. The van der Waals surface area contributed by atoms with Gasteiger partial charge in [0.2, 0.25) is 0 Å². The summed E-state index contributed by atoms with van der Waals surface area (Å²) >= 11 is 5.99. The lowest BCUT2D eigenvalue weighted by molar-refractivity contribution is 1.07. The first-order valence-corrected chi connectivity index (χ1v) is 4.46. The van der Waals surface area contributed by atoms with E-state index in [1.54, 1.807) is 0 Å². The first kappa shape index (κ1) is 9.34. The minimum Gasteiger partial charge on any atom is -0.118 e. The van der Waals surface area contributed by atoms with Gasteiger partial charge in [0.25, 0.3) is 0 Å². The largest absolute Gasteiger partial charge is 0.118 e. The molecule has 0 nitrogen and oxygen atoms in total. The highest BCUT2D eigenvalue weighted by atomic mass is 35.5. The van der Waals surface area contributed by atoms with E-state index in [1.807, 2.05) is 13.0 Å². The molecule has 1 heteroatoms. The van der Waals surface area contributed by atoms with Gasteiger partial charge in [-0.2, -0.15) is 0 Å². The van der Waals surface area contributed by atoms with E-state index in [1.165, 1.54) is 5.56 Å². The van der Waals surface area contributed by atoms with Crippen LogP contribution in [-0.2, 0) is 0 Å². The van der Waals surface area contributed by atoms with E-state index in [2.05, 4.69) is 31.7 Å². The van der Waals surface area contributed by atoms with Crippen LogP contribution in [-0.4, -0.2) is 0 Å². The van der Waals surface area contributed by atoms with Crippen LogP contribution in [0.2, 0.25) is 0 Å². The van der Waals surface area contributed by atoms with Crippen LogP contribution in [0.15, 0.2) is 24.8 Å². The van der Waals surface area contributed by atoms with Crippen LogP contribution in [0.3, 0.4) is 0 Å². The first-order valence-electron chi connectivity index (χ1n) is 4.02. The van der Waals surface area contributed by atoms with Crippen LogP contribution >= 0.6 is 11.6 Å². The van der Waals surface area contributed by atoms with E-state index in [-0.39, 0.29) is 5.38 Å². The molecule has 0 heterocycles. The Kier molecular flexibility index (Phi) is 2.93. The normalized spacial score (nSPS) is 12.6. The molecular formula is C11H13Cl. The maximum atomic E-state index is 5.99. The quantitative estimate of drug-likeness (QED) is 0.605. The zero-order valence-electron chi connectivity index (χ0n) is 7.47. The highest BCUT2D eigenvalue weighted by Crippen LogP contribution is 2.24. The number of aryl methyl sites for hydroxylation is 1. The van der Waals surface area contributed by atoms with E-state index in [0.717, 1.165) is 11.1 Å². The average molecular weight is 181 g/mol. The minimum atomic E-state index is 0.0543. The van der Waals surface area contributed by atoms with E-state index in [0.29, 0.717) is 0 Å². The molecule has 0 aliphatic rings. The van der Waals surface area contributed by atoms with Gasteiger partial charge < -0.3 is 0 Å². The van der Waals surface area contributed by atoms with Crippen LogP contribution in [0.1, 0.15) is 29.0 Å². The fourth-order valence-electron chi connectivity index (χ4n) is 1.23. The number of alkyl halides is 1. The van der Waals surface area contributed by atoms with E-state index < -0.39 is 0 Å². The number of halogens is 1. The van der Waals surface area contributed by atoms with Gasteiger partial charge in [-0.3, -0.25) is 0 Å². The van der Waals surface area contributed by atoms with Crippen molar-refractivity contribution in [3.8, 4) is 0 Å². The van der Waals surface area contributed by atoms with Crippen molar-refractivity contribution in [2.75, 3.05) is 0 Å². The molecule has 0 aliphatic heterocycles. The Morgan fingerprint density at radius 3 is 2.67 bits per heavy atom. The van der Waals surface area contributed by atoms with Crippen molar-refractivity contribution in [1.82, 2.24) is 0 Å². The summed E-state index contributed by atoms with van der Waals surface area (Å²) in [5.41, 5.74) is 3.53. The van der Waals surface area contributed by atoms with Gasteiger partial charge in [0.1, 0.15) is 0 Å². The lowest BCUT2D eigenvalue weighted by atomic mass is 10.0. The van der Waals surface area contributed by atoms with Crippen LogP contribution in [0, 0.1) is 6.92 Å². The average Bonchev–Trinajstić information content (AvgIpc) is 2.03. The van der Waals surface area contributed by atoms with Crippen molar-refractivity contribution in [2.24, 2.45) is 0 Å². The molecule has 0 bridgehead atoms. The predicted octanol–water partition coefficient (Wildman–Crippen LogP) is 3.94. The maximum absolute atomic E-state index is 5.99. The second-order valence-corrected chi connectivity index (χ2v) is 3.61. The number of hydrogen-bond acceptors (Lipinski definition) is 0. The van der Waals surface area contributed by atoms with Crippen molar-refractivity contribution < 1.29 is 0 Å². The molecule has 0 fully saturated rings. The molecule has 0 saturated carbocycles. The number of hydrogen-bond donors (Lipinski definition) is 0. The minimum absolute atomic E-state index is 0.0543. The van der Waals surface area contributed by atoms with Crippen LogP contribution < -0.4 is 0 Å². The monoisotopic (exact) mass is 180 g/mol. The third-order valence-electron chi connectivity index (χ3n) is 1.89. The molecule has 1 rings (SSSR count). The Labute approximate surface area is 78.9 Å². The SMILES string of the molecule is C=Cc1cc(C)ccc1C(C)Cl. The van der Waals surface area contributed by atoms with Crippen molar-refractivity contribution in [3.63, 3.8) is 0 Å². The summed E-state index contributed by atoms with van der Waals surface area (Å²) in [6, 6.07) is 6.23. The Balaban J connectivity index is 3.20. The van der Waals surface area contributed by atoms with Gasteiger partial charge in [0.05, 0.1) is 5.38 Å². The molecule has 1 unspecified atom stereocenters. The molecule has 1 aromatic carbocycles. The highest BCUT2D eigenvalue weighted by Gasteiger charge is 2.04. The van der Waals surface area contributed by atoms with Gasteiger partial charge in [-0.15, -0.1) is 11.6 Å². The molecule has 1 atom stereocenters. The second kappa shape index (κ2) is 3.77. The standard InChI is InChI=1S/C11H13Cl/c1-4-10-7-8(2)5-6-11(10)9(3)12/h4-7,9H,1H2,2-3H3. The zero-order chi connectivity index (χ0) is 9.14. The van der Waals surface area contributed by atoms with Crippen LogP contribution in [0.4, 0.5) is 0 Å². The van der Waals surface area contributed by atoms with Gasteiger partial charge in [0, 0.05) is 0 Å². The molecular weight excluding hydrogens is 168 g/mol. The molecule has 1 aromatic rings. The van der Waals surface area contributed by atoms with Gasteiger partial charge in [-0.25, -0.2) is 0 Å².